The van der Waals surface area contributed by atoms with Gasteiger partial charge in [0.2, 0.25) is 0 Å². The highest BCUT2D eigenvalue weighted by Gasteiger charge is 2.39. The van der Waals surface area contributed by atoms with E-state index in [4.69, 9.17) is 10.5 Å². The summed E-state index contributed by atoms with van der Waals surface area (Å²) in [5, 5.41) is 13.5. The van der Waals surface area contributed by atoms with Crippen LogP contribution in [0.2, 0.25) is 0 Å². The maximum Gasteiger partial charge on any atom is 0.0897 e. The van der Waals surface area contributed by atoms with Crippen LogP contribution >= 0.6 is 0 Å². The Balaban J connectivity index is 2.11. The minimum Gasteiger partial charge on any atom is -0.389 e. The third kappa shape index (κ3) is 9.36. The molecule has 144 valence electrons. The third-order valence-corrected chi connectivity index (χ3v) is 5.11. The van der Waals surface area contributed by atoms with E-state index in [0.717, 1.165) is 32.4 Å². The summed E-state index contributed by atoms with van der Waals surface area (Å²) in [6.45, 7) is 11.9. The third-order valence-electron chi connectivity index (χ3n) is 5.11. The second-order valence-electron chi connectivity index (χ2n) is 9.09. The van der Waals surface area contributed by atoms with E-state index in [1.807, 2.05) is 0 Å². The molecular formula is C20H42N2O2. The molecule has 3 atom stereocenters. The van der Waals surface area contributed by atoms with Gasteiger partial charge in [0.15, 0.2) is 0 Å². The van der Waals surface area contributed by atoms with Crippen LogP contribution in [-0.2, 0) is 4.74 Å². The number of rotatable bonds is 12. The van der Waals surface area contributed by atoms with Crippen molar-refractivity contribution in [2.75, 3.05) is 26.3 Å². The number of unbranched alkanes of at least 4 members (excludes halogenated alkanes) is 4. The standard InChI is InChI=1S/C20H42N2O2/c1-5-6-7-8-9-10-24-14-18(23)13-22-16-20(4)12-17(21)11-19(2,3)15-20/h17-18,22-23H,5-16,21H2,1-4H3. The van der Waals surface area contributed by atoms with Gasteiger partial charge in [0.05, 0.1) is 12.7 Å². The van der Waals surface area contributed by atoms with Gasteiger partial charge in [0.1, 0.15) is 0 Å². The zero-order valence-electron chi connectivity index (χ0n) is 16.6. The lowest BCUT2D eigenvalue weighted by atomic mass is 9.63. The monoisotopic (exact) mass is 342 g/mol. The van der Waals surface area contributed by atoms with Crippen molar-refractivity contribution in [2.45, 2.75) is 91.2 Å². The first-order valence-corrected chi connectivity index (χ1v) is 9.98. The lowest BCUT2D eigenvalue weighted by Gasteiger charge is -2.46. The Kier molecular flexibility index (Phi) is 9.80. The molecule has 4 nitrogen and oxygen atoms in total. The van der Waals surface area contributed by atoms with Crippen LogP contribution in [0.15, 0.2) is 0 Å². The van der Waals surface area contributed by atoms with Crippen LogP contribution in [0, 0.1) is 10.8 Å². The highest BCUT2D eigenvalue weighted by Crippen LogP contribution is 2.45. The summed E-state index contributed by atoms with van der Waals surface area (Å²) >= 11 is 0. The lowest BCUT2D eigenvalue weighted by Crippen LogP contribution is -2.47. The summed E-state index contributed by atoms with van der Waals surface area (Å²) < 4.78 is 5.58. The maximum absolute atomic E-state index is 10.0. The van der Waals surface area contributed by atoms with Crippen molar-refractivity contribution in [2.24, 2.45) is 16.6 Å². The van der Waals surface area contributed by atoms with Gasteiger partial charge in [-0.15, -0.1) is 0 Å². The van der Waals surface area contributed by atoms with Crippen LogP contribution in [0.3, 0.4) is 0 Å². The van der Waals surface area contributed by atoms with Crippen LogP contribution in [0.4, 0.5) is 0 Å². The fourth-order valence-electron chi connectivity index (χ4n) is 4.48. The summed E-state index contributed by atoms with van der Waals surface area (Å²) in [5.74, 6) is 0. The molecule has 4 heteroatoms. The van der Waals surface area contributed by atoms with Crippen LogP contribution < -0.4 is 11.1 Å². The number of hydrogen-bond donors (Lipinski definition) is 3. The van der Waals surface area contributed by atoms with Gasteiger partial charge in [0.25, 0.3) is 0 Å². The smallest absolute Gasteiger partial charge is 0.0897 e. The Bertz CT molecular complexity index is 336. The summed E-state index contributed by atoms with van der Waals surface area (Å²) in [6.07, 6.45) is 9.14. The fourth-order valence-corrected chi connectivity index (χ4v) is 4.48. The van der Waals surface area contributed by atoms with Crippen LogP contribution in [0.25, 0.3) is 0 Å². The predicted octanol–water partition coefficient (Wildman–Crippen LogP) is 3.47. The molecule has 0 amide bonds. The first-order chi connectivity index (χ1) is 11.3. The molecule has 0 bridgehead atoms. The molecule has 1 fully saturated rings. The van der Waals surface area contributed by atoms with E-state index in [-0.39, 0.29) is 5.41 Å². The van der Waals surface area contributed by atoms with E-state index in [1.54, 1.807) is 0 Å². The van der Waals surface area contributed by atoms with E-state index in [9.17, 15) is 5.11 Å². The highest BCUT2D eigenvalue weighted by molar-refractivity contribution is 4.94. The molecule has 0 radical (unpaired) electrons. The van der Waals surface area contributed by atoms with Gasteiger partial charge in [-0.25, -0.2) is 0 Å². The summed E-state index contributed by atoms with van der Waals surface area (Å²) in [4.78, 5) is 0. The van der Waals surface area contributed by atoms with E-state index >= 15 is 0 Å². The Morgan fingerprint density at radius 1 is 1.17 bits per heavy atom. The first-order valence-electron chi connectivity index (χ1n) is 9.98. The van der Waals surface area contributed by atoms with Crippen molar-refractivity contribution in [3.63, 3.8) is 0 Å². The largest absolute Gasteiger partial charge is 0.389 e. The second kappa shape index (κ2) is 10.7. The van der Waals surface area contributed by atoms with Crippen LogP contribution in [0.5, 0.6) is 0 Å². The van der Waals surface area contributed by atoms with Crippen LogP contribution in [0.1, 0.15) is 79.1 Å². The van der Waals surface area contributed by atoms with E-state index in [0.29, 0.717) is 24.6 Å². The second-order valence-corrected chi connectivity index (χ2v) is 9.09. The van der Waals surface area contributed by atoms with E-state index in [1.165, 1.54) is 32.1 Å². The summed E-state index contributed by atoms with van der Waals surface area (Å²) in [7, 11) is 0. The number of nitrogens with one attached hydrogen (secondary N) is 1. The maximum atomic E-state index is 10.0. The molecule has 1 saturated carbocycles. The lowest BCUT2D eigenvalue weighted by molar-refractivity contribution is 0.0305. The number of nitrogens with two attached hydrogens (primary N) is 1. The van der Waals surface area contributed by atoms with Gasteiger partial charge < -0.3 is 20.9 Å². The van der Waals surface area contributed by atoms with Crippen LogP contribution in [-0.4, -0.2) is 43.6 Å². The molecule has 0 spiro atoms. The molecule has 0 saturated heterocycles. The summed E-state index contributed by atoms with van der Waals surface area (Å²) in [6, 6.07) is 0.293. The van der Waals surface area contributed by atoms with Gasteiger partial charge in [-0.05, 0) is 36.5 Å². The Morgan fingerprint density at radius 2 is 1.88 bits per heavy atom. The fraction of sp³-hybridized carbons (Fsp3) is 1.00. The topological polar surface area (TPSA) is 67.5 Å². The van der Waals surface area contributed by atoms with E-state index in [2.05, 4.69) is 33.0 Å². The Labute approximate surface area is 149 Å². The average Bonchev–Trinajstić information content (AvgIpc) is 2.43. The molecule has 0 aromatic heterocycles. The van der Waals surface area contributed by atoms with Crippen molar-refractivity contribution in [3.05, 3.63) is 0 Å². The molecule has 3 unspecified atom stereocenters. The number of aliphatic hydroxyl groups is 1. The molecular weight excluding hydrogens is 300 g/mol. The van der Waals surface area contributed by atoms with Crippen molar-refractivity contribution < 1.29 is 9.84 Å². The molecule has 24 heavy (non-hydrogen) atoms. The molecule has 4 N–H and O–H groups in total. The molecule has 1 rings (SSSR count). The zero-order chi connectivity index (χ0) is 18.1. The Hall–Kier alpha value is -0.160. The van der Waals surface area contributed by atoms with Gasteiger partial charge in [-0.3, -0.25) is 0 Å². The molecule has 0 aliphatic heterocycles. The van der Waals surface area contributed by atoms with Crippen molar-refractivity contribution >= 4 is 0 Å². The molecule has 1 aliphatic rings. The van der Waals surface area contributed by atoms with Crippen molar-refractivity contribution in [3.8, 4) is 0 Å². The zero-order valence-corrected chi connectivity index (χ0v) is 16.6. The quantitative estimate of drug-likeness (QED) is 0.475. The minimum atomic E-state index is -0.422. The molecule has 0 aromatic rings. The van der Waals surface area contributed by atoms with Crippen molar-refractivity contribution in [1.82, 2.24) is 5.32 Å². The summed E-state index contributed by atoms with van der Waals surface area (Å²) in [5.41, 5.74) is 6.78. The molecule has 1 aliphatic carbocycles. The molecule has 0 heterocycles. The average molecular weight is 343 g/mol. The molecule has 0 aromatic carbocycles. The van der Waals surface area contributed by atoms with E-state index < -0.39 is 6.10 Å². The van der Waals surface area contributed by atoms with Gasteiger partial charge in [-0.2, -0.15) is 0 Å². The van der Waals surface area contributed by atoms with Gasteiger partial charge in [-0.1, -0.05) is 53.4 Å². The number of aliphatic hydroxyl groups excluding tert-OH is 1. The SMILES string of the molecule is CCCCCCCOCC(O)CNCC1(C)CC(N)CC(C)(C)C1. The number of ether oxygens (including phenoxy) is 1. The minimum absolute atomic E-state index is 0.223. The Morgan fingerprint density at radius 3 is 2.54 bits per heavy atom. The highest BCUT2D eigenvalue weighted by atomic mass is 16.5. The van der Waals surface area contributed by atoms with Crippen molar-refractivity contribution in [1.29, 1.82) is 0 Å². The van der Waals surface area contributed by atoms with Gasteiger partial charge in [0, 0.05) is 25.7 Å². The number of hydrogen-bond acceptors (Lipinski definition) is 4. The van der Waals surface area contributed by atoms with Gasteiger partial charge >= 0.3 is 0 Å². The predicted molar refractivity (Wildman–Crippen MR) is 102 cm³/mol. The first kappa shape index (κ1) is 21.9. The normalized spacial score (nSPS) is 28.0.